The fourth-order valence-corrected chi connectivity index (χ4v) is 0.737. The van der Waals surface area contributed by atoms with Crippen molar-refractivity contribution in [2.24, 2.45) is 0 Å². The Bertz CT molecular complexity index is 88.9. The average Bonchev–Trinajstić information content (AvgIpc) is 1.83. The molecule has 0 radical (unpaired) electrons. The highest BCUT2D eigenvalue weighted by Crippen LogP contribution is 2.05. The minimum absolute atomic E-state index is 0.312. The zero-order chi connectivity index (χ0) is 6.41. The van der Waals surface area contributed by atoms with E-state index in [9.17, 15) is 4.39 Å². The molecule has 0 aliphatic carbocycles. The van der Waals surface area contributed by atoms with Crippen molar-refractivity contribution >= 4 is 11.8 Å². The summed E-state index contributed by atoms with van der Waals surface area (Å²) in [5.41, 5.74) is 0. The number of hydrogen-bond donors (Lipinski definition) is 0. The molecular formula is C5H8FNS. The van der Waals surface area contributed by atoms with Crippen LogP contribution in [0.1, 0.15) is 13.3 Å². The fourth-order valence-electron chi connectivity index (χ4n) is 0.246. The Labute approximate surface area is 52.9 Å². The number of thiocyanates is 1. The molecule has 0 saturated carbocycles. The van der Waals surface area contributed by atoms with E-state index in [0.717, 1.165) is 11.8 Å². The molecule has 0 spiro atoms. The number of alkyl halides is 1. The summed E-state index contributed by atoms with van der Waals surface area (Å²) in [5, 5.41) is 9.77. The lowest BCUT2D eigenvalue weighted by Crippen LogP contribution is -1.99. The van der Waals surface area contributed by atoms with Gasteiger partial charge in [0.25, 0.3) is 0 Å². The van der Waals surface area contributed by atoms with E-state index in [1.165, 1.54) is 0 Å². The summed E-state index contributed by atoms with van der Waals surface area (Å²) in [4.78, 5) is 0. The van der Waals surface area contributed by atoms with Crippen molar-refractivity contribution in [2.75, 3.05) is 5.75 Å². The van der Waals surface area contributed by atoms with Gasteiger partial charge in [0, 0.05) is 5.75 Å². The molecule has 0 amide bonds. The Morgan fingerprint density at radius 1 is 1.88 bits per heavy atom. The molecule has 0 bridgehead atoms. The maximum Gasteiger partial charge on any atom is 0.133 e. The second-order valence-electron chi connectivity index (χ2n) is 1.41. The highest BCUT2D eigenvalue weighted by Gasteiger charge is 2.00. The SMILES string of the molecule is CCC(F)CSC#N. The van der Waals surface area contributed by atoms with E-state index in [2.05, 4.69) is 0 Å². The molecule has 0 fully saturated rings. The van der Waals surface area contributed by atoms with Gasteiger partial charge < -0.3 is 0 Å². The second kappa shape index (κ2) is 4.92. The van der Waals surface area contributed by atoms with Crippen LogP contribution < -0.4 is 0 Å². The van der Waals surface area contributed by atoms with Crippen molar-refractivity contribution in [1.29, 1.82) is 5.26 Å². The first kappa shape index (κ1) is 7.77. The van der Waals surface area contributed by atoms with Crippen molar-refractivity contribution in [3.63, 3.8) is 0 Å². The summed E-state index contributed by atoms with van der Waals surface area (Å²) in [5.74, 6) is 0.312. The molecular weight excluding hydrogens is 125 g/mol. The van der Waals surface area contributed by atoms with Gasteiger partial charge in [0.15, 0.2) is 0 Å². The lowest BCUT2D eigenvalue weighted by atomic mass is 10.3. The summed E-state index contributed by atoms with van der Waals surface area (Å²) < 4.78 is 12.1. The number of halogens is 1. The molecule has 3 heteroatoms. The first-order chi connectivity index (χ1) is 3.81. The van der Waals surface area contributed by atoms with Gasteiger partial charge >= 0.3 is 0 Å². The van der Waals surface area contributed by atoms with Crippen LogP contribution in [-0.4, -0.2) is 11.9 Å². The predicted molar refractivity (Wildman–Crippen MR) is 33.3 cm³/mol. The molecule has 1 unspecified atom stereocenters. The van der Waals surface area contributed by atoms with E-state index < -0.39 is 6.17 Å². The van der Waals surface area contributed by atoms with Gasteiger partial charge in [-0.1, -0.05) is 6.92 Å². The normalized spacial score (nSPS) is 12.6. The van der Waals surface area contributed by atoms with Crippen LogP contribution in [0.4, 0.5) is 4.39 Å². The highest BCUT2D eigenvalue weighted by molar-refractivity contribution is 8.03. The van der Waals surface area contributed by atoms with Gasteiger partial charge in [-0.15, -0.1) is 0 Å². The molecule has 0 N–H and O–H groups in total. The molecule has 0 heterocycles. The molecule has 0 aromatic carbocycles. The Kier molecular flexibility index (Phi) is 4.78. The summed E-state index contributed by atoms with van der Waals surface area (Å²) in [6.07, 6.45) is -0.297. The molecule has 8 heavy (non-hydrogen) atoms. The monoisotopic (exact) mass is 133 g/mol. The van der Waals surface area contributed by atoms with E-state index >= 15 is 0 Å². The van der Waals surface area contributed by atoms with E-state index in [0.29, 0.717) is 12.2 Å². The molecule has 46 valence electrons. The molecule has 0 aromatic heterocycles. The maximum atomic E-state index is 12.1. The number of hydrogen-bond acceptors (Lipinski definition) is 2. The minimum atomic E-state index is -0.806. The first-order valence-electron chi connectivity index (χ1n) is 2.46. The van der Waals surface area contributed by atoms with Crippen molar-refractivity contribution in [3.8, 4) is 5.40 Å². The number of nitriles is 1. The molecule has 0 rings (SSSR count). The largest absolute Gasteiger partial charge is 0.247 e. The van der Waals surface area contributed by atoms with Crippen molar-refractivity contribution in [2.45, 2.75) is 19.5 Å². The summed E-state index contributed by atoms with van der Waals surface area (Å²) in [6, 6.07) is 0. The Hall–Kier alpha value is -0.230. The zero-order valence-electron chi connectivity index (χ0n) is 4.72. The standard InChI is InChI=1S/C5H8FNS/c1-2-5(6)3-8-4-7/h5H,2-3H2,1H3. The second-order valence-corrected chi connectivity index (χ2v) is 2.21. The van der Waals surface area contributed by atoms with Gasteiger partial charge in [0.2, 0.25) is 0 Å². The van der Waals surface area contributed by atoms with Crippen LogP contribution in [0.15, 0.2) is 0 Å². The van der Waals surface area contributed by atoms with Crippen LogP contribution in [0.3, 0.4) is 0 Å². The third-order valence-corrected chi connectivity index (χ3v) is 1.43. The summed E-state index contributed by atoms with van der Waals surface area (Å²) in [6.45, 7) is 1.77. The number of nitrogens with zero attached hydrogens (tertiary/aromatic N) is 1. The number of thioether (sulfide) groups is 1. The summed E-state index contributed by atoms with van der Waals surface area (Å²) >= 11 is 0.971. The molecule has 1 atom stereocenters. The van der Waals surface area contributed by atoms with Gasteiger partial charge in [-0.3, -0.25) is 0 Å². The van der Waals surface area contributed by atoms with Crippen LogP contribution in [0, 0.1) is 10.7 Å². The van der Waals surface area contributed by atoms with Crippen LogP contribution in [-0.2, 0) is 0 Å². The van der Waals surface area contributed by atoms with E-state index in [-0.39, 0.29) is 0 Å². The fraction of sp³-hybridized carbons (Fsp3) is 0.800. The topological polar surface area (TPSA) is 23.8 Å². The predicted octanol–water partition coefficient (Wildman–Crippen LogP) is 1.95. The van der Waals surface area contributed by atoms with Crippen LogP contribution in [0.5, 0.6) is 0 Å². The van der Waals surface area contributed by atoms with Crippen molar-refractivity contribution in [1.82, 2.24) is 0 Å². The van der Waals surface area contributed by atoms with Gasteiger partial charge in [-0.05, 0) is 18.2 Å². The van der Waals surface area contributed by atoms with E-state index in [1.807, 2.05) is 5.40 Å². The zero-order valence-corrected chi connectivity index (χ0v) is 5.54. The van der Waals surface area contributed by atoms with Crippen molar-refractivity contribution < 1.29 is 4.39 Å². The molecule has 0 aliphatic heterocycles. The third kappa shape index (κ3) is 3.94. The maximum absolute atomic E-state index is 12.1. The molecule has 1 nitrogen and oxygen atoms in total. The Balaban J connectivity index is 3.01. The van der Waals surface area contributed by atoms with Gasteiger partial charge in [0.05, 0.1) is 0 Å². The number of rotatable bonds is 3. The van der Waals surface area contributed by atoms with Gasteiger partial charge in [-0.25, -0.2) is 4.39 Å². The van der Waals surface area contributed by atoms with Gasteiger partial charge in [0.1, 0.15) is 11.6 Å². The lowest BCUT2D eigenvalue weighted by molar-refractivity contribution is 0.359. The summed E-state index contributed by atoms with van der Waals surface area (Å²) in [7, 11) is 0. The lowest BCUT2D eigenvalue weighted by Gasteiger charge is -1.96. The molecule has 0 aromatic rings. The van der Waals surface area contributed by atoms with Gasteiger partial charge in [-0.2, -0.15) is 5.26 Å². The quantitative estimate of drug-likeness (QED) is 0.549. The third-order valence-electron chi connectivity index (χ3n) is 0.772. The minimum Gasteiger partial charge on any atom is -0.247 e. The van der Waals surface area contributed by atoms with Crippen molar-refractivity contribution in [3.05, 3.63) is 0 Å². The Morgan fingerprint density at radius 3 is 2.88 bits per heavy atom. The van der Waals surface area contributed by atoms with E-state index in [1.54, 1.807) is 6.92 Å². The molecule has 0 saturated heterocycles. The Morgan fingerprint density at radius 2 is 2.50 bits per heavy atom. The average molecular weight is 133 g/mol. The van der Waals surface area contributed by atoms with E-state index in [4.69, 9.17) is 5.26 Å². The van der Waals surface area contributed by atoms with Crippen LogP contribution in [0.2, 0.25) is 0 Å². The van der Waals surface area contributed by atoms with Crippen LogP contribution in [0.25, 0.3) is 0 Å². The highest BCUT2D eigenvalue weighted by atomic mass is 32.2. The molecule has 0 aliphatic rings. The van der Waals surface area contributed by atoms with Crippen LogP contribution >= 0.6 is 11.8 Å². The smallest absolute Gasteiger partial charge is 0.133 e. The first-order valence-corrected chi connectivity index (χ1v) is 3.44.